The molecule has 0 spiro atoms. The summed E-state index contributed by atoms with van der Waals surface area (Å²) in [6, 6.07) is 8.97. The number of halogens is 4. The number of imide groups is 1. The first kappa shape index (κ1) is 25.3. The van der Waals surface area contributed by atoms with E-state index in [0.717, 1.165) is 30.7 Å². The minimum Gasteiger partial charge on any atom is -0.268 e. The Morgan fingerprint density at radius 3 is 2.63 bits per heavy atom. The van der Waals surface area contributed by atoms with Crippen LogP contribution in [0.4, 0.5) is 18.0 Å². The normalized spacial score (nSPS) is 15.9. The Hall–Kier alpha value is -2.78. The standard InChI is InChI=1S/C25H23ClF3N3O2S/c1-15(2)4-3-9-31-23(33)22(35-24(31)34)11-16-5-8-21-18(10-16)13-30-32(21)14-17-6-7-19(26)12-20(17)25(27,28)29/h5-8,10-13,15H,3-4,9,14H2,1-2H3. The Labute approximate surface area is 209 Å². The van der Waals surface area contributed by atoms with E-state index >= 15 is 0 Å². The number of alkyl halides is 3. The molecule has 0 bridgehead atoms. The van der Waals surface area contributed by atoms with Gasteiger partial charge in [0.1, 0.15) is 0 Å². The van der Waals surface area contributed by atoms with Crippen LogP contribution >= 0.6 is 23.4 Å². The summed E-state index contributed by atoms with van der Waals surface area (Å²) < 4.78 is 41.9. The number of benzene rings is 2. The van der Waals surface area contributed by atoms with Crippen molar-refractivity contribution in [1.29, 1.82) is 0 Å². The molecule has 0 aliphatic carbocycles. The van der Waals surface area contributed by atoms with Crippen molar-refractivity contribution >= 4 is 51.5 Å². The van der Waals surface area contributed by atoms with E-state index in [9.17, 15) is 22.8 Å². The molecular weight excluding hydrogens is 499 g/mol. The van der Waals surface area contributed by atoms with Crippen molar-refractivity contribution in [2.24, 2.45) is 5.92 Å². The van der Waals surface area contributed by atoms with Crippen molar-refractivity contribution in [2.75, 3.05) is 6.54 Å². The zero-order chi connectivity index (χ0) is 25.3. The van der Waals surface area contributed by atoms with Gasteiger partial charge in [0.25, 0.3) is 11.1 Å². The lowest BCUT2D eigenvalue weighted by atomic mass is 10.1. The van der Waals surface area contributed by atoms with E-state index in [1.165, 1.54) is 21.7 Å². The van der Waals surface area contributed by atoms with Crippen LogP contribution in [-0.2, 0) is 17.5 Å². The first-order valence-electron chi connectivity index (χ1n) is 11.1. The number of aromatic nitrogens is 2. The van der Waals surface area contributed by atoms with Crippen molar-refractivity contribution in [3.05, 3.63) is 69.2 Å². The molecule has 0 radical (unpaired) electrons. The topological polar surface area (TPSA) is 55.2 Å². The quantitative estimate of drug-likeness (QED) is 0.308. The number of carbonyl (C=O) groups excluding carboxylic acids is 2. The van der Waals surface area contributed by atoms with Crippen LogP contribution in [-0.4, -0.2) is 32.4 Å². The van der Waals surface area contributed by atoms with E-state index in [1.54, 1.807) is 30.5 Å². The predicted molar refractivity (Wildman–Crippen MR) is 132 cm³/mol. The highest BCUT2D eigenvalue weighted by Gasteiger charge is 2.35. The molecule has 4 rings (SSSR count). The largest absolute Gasteiger partial charge is 0.416 e. The molecule has 2 heterocycles. The molecule has 0 N–H and O–H groups in total. The number of hydrogen-bond donors (Lipinski definition) is 0. The highest BCUT2D eigenvalue weighted by Crippen LogP contribution is 2.35. The first-order valence-corrected chi connectivity index (χ1v) is 12.3. The summed E-state index contributed by atoms with van der Waals surface area (Å²) in [5.41, 5.74) is 0.607. The Balaban J connectivity index is 1.55. The second kappa shape index (κ2) is 10.1. The molecule has 1 aromatic heterocycles. The lowest BCUT2D eigenvalue weighted by Crippen LogP contribution is -2.29. The Kier molecular flexibility index (Phi) is 7.28. The number of thioether (sulfide) groups is 1. The van der Waals surface area contributed by atoms with Crippen LogP contribution in [0, 0.1) is 5.92 Å². The lowest BCUT2D eigenvalue weighted by Gasteiger charge is -2.14. The summed E-state index contributed by atoms with van der Waals surface area (Å²) >= 11 is 6.69. The average molecular weight is 522 g/mol. The summed E-state index contributed by atoms with van der Waals surface area (Å²) in [7, 11) is 0. The number of carbonyl (C=O) groups is 2. The van der Waals surface area contributed by atoms with Crippen molar-refractivity contribution in [1.82, 2.24) is 14.7 Å². The Morgan fingerprint density at radius 1 is 1.14 bits per heavy atom. The highest BCUT2D eigenvalue weighted by atomic mass is 35.5. The van der Waals surface area contributed by atoms with Crippen LogP contribution in [0.25, 0.3) is 17.0 Å². The zero-order valence-electron chi connectivity index (χ0n) is 19.1. The highest BCUT2D eigenvalue weighted by molar-refractivity contribution is 8.18. The minimum absolute atomic E-state index is 0.0142. The van der Waals surface area contributed by atoms with E-state index in [-0.39, 0.29) is 28.3 Å². The van der Waals surface area contributed by atoms with Crippen LogP contribution in [0.5, 0.6) is 0 Å². The van der Waals surface area contributed by atoms with Gasteiger partial charge in [-0.3, -0.25) is 19.2 Å². The molecule has 10 heteroatoms. The summed E-state index contributed by atoms with van der Waals surface area (Å²) in [5, 5.41) is 4.70. The molecule has 35 heavy (non-hydrogen) atoms. The van der Waals surface area contributed by atoms with Gasteiger partial charge in [-0.15, -0.1) is 0 Å². The summed E-state index contributed by atoms with van der Waals surface area (Å²) in [6.45, 7) is 4.51. The van der Waals surface area contributed by atoms with Crippen molar-refractivity contribution < 1.29 is 22.8 Å². The number of rotatable bonds is 7. The predicted octanol–water partition coefficient (Wildman–Crippen LogP) is 7.23. The molecule has 1 aliphatic rings. The number of fused-ring (bicyclic) bond motifs is 1. The Morgan fingerprint density at radius 2 is 1.91 bits per heavy atom. The van der Waals surface area contributed by atoms with Crippen LogP contribution in [0.15, 0.2) is 47.5 Å². The van der Waals surface area contributed by atoms with Crippen LogP contribution in [0.1, 0.15) is 43.4 Å². The van der Waals surface area contributed by atoms with Gasteiger partial charge in [0.05, 0.1) is 28.7 Å². The molecule has 1 aliphatic heterocycles. The van der Waals surface area contributed by atoms with Crippen LogP contribution in [0.3, 0.4) is 0 Å². The third-order valence-electron chi connectivity index (χ3n) is 5.70. The fourth-order valence-corrected chi connectivity index (χ4v) is 4.97. The van der Waals surface area contributed by atoms with E-state index in [2.05, 4.69) is 18.9 Å². The van der Waals surface area contributed by atoms with Crippen LogP contribution < -0.4 is 0 Å². The second-order valence-electron chi connectivity index (χ2n) is 8.79. The van der Waals surface area contributed by atoms with Gasteiger partial charge < -0.3 is 0 Å². The van der Waals surface area contributed by atoms with Crippen molar-refractivity contribution in [2.45, 2.75) is 39.4 Å². The molecule has 0 saturated carbocycles. The van der Waals surface area contributed by atoms with Gasteiger partial charge in [-0.25, -0.2) is 0 Å². The molecular formula is C25H23ClF3N3O2S. The molecule has 184 valence electrons. The van der Waals surface area contributed by atoms with Gasteiger partial charge in [0.2, 0.25) is 0 Å². The van der Waals surface area contributed by atoms with E-state index in [0.29, 0.717) is 33.8 Å². The van der Waals surface area contributed by atoms with Gasteiger partial charge in [-0.05, 0) is 72.0 Å². The first-order chi connectivity index (χ1) is 16.5. The van der Waals surface area contributed by atoms with E-state index in [4.69, 9.17) is 11.6 Å². The molecule has 2 amide bonds. The summed E-state index contributed by atoms with van der Waals surface area (Å²) in [6.07, 6.45) is 0.381. The maximum absolute atomic E-state index is 13.5. The number of hydrogen-bond acceptors (Lipinski definition) is 4. The monoisotopic (exact) mass is 521 g/mol. The minimum atomic E-state index is -4.53. The van der Waals surface area contributed by atoms with E-state index in [1.807, 2.05) is 0 Å². The molecule has 1 saturated heterocycles. The van der Waals surface area contributed by atoms with Crippen LogP contribution in [0.2, 0.25) is 5.02 Å². The SMILES string of the molecule is CC(C)CCCN1C(=O)SC(=Cc2ccc3c(cnn3Cc3ccc(Cl)cc3C(F)(F)F)c2)C1=O. The lowest BCUT2D eigenvalue weighted by molar-refractivity contribution is -0.138. The number of nitrogens with zero attached hydrogens (tertiary/aromatic N) is 3. The Bertz CT molecular complexity index is 1320. The number of amides is 2. The summed E-state index contributed by atoms with van der Waals surface area (Å²) in [4.78, 5) is 26.6. The van der Waals surface area contributed by atoms with E-state index < -0.39 is 11.7 Å². The van der Waals surface area contributed by atoms with Gasteiger partial charge >= 0.3 is 6.18 Å². The maximum atomic E-state index is 13.5. The molecule has 0 atom stereocenters. The molecule has 1 fully saturated rings. The smallest absolute Gasteiger partial charge is 0.268 e. The zero-order valence-corrected chi connectivity index (χ0v) is 20.7. The second-order valence-corrected chi connectivity index (χ2v) is 10.2. The molecule has 0 unspecified atom stereocenters. The van der Waals surface area contributed by atoms with Crippen molar-refractivity contribution in [3.63, 3.8) is 0 Å². The molecule has 3 aromatic rings. The van der Waals surface area contributed by atoms with Gasteiger partial charge in [-0.2, -0.15) is 18.3 Å². The molecule has 2 aromatic carbocycles. The fraction of sp³-hybridized carbons (Fsp3) is 0.320. The average Bonchev–Trinajstić information content (AvgIpc) is 3.29. The van der Waals surface area contributed by atoms with Gasteiger partial charge in [0, 0.05) is 17.0 Å². The van der Waals surface area contributed by atoms with Gasteiger partial charge in [-0.1, -0.05) is 37.6 Å². The van der Waals surface area contributed by atoms with Gasteiger partial charge in [0.15, 0.2) is 0 Å². The third-order valence-corrected chi connectivity index (χ3v) is 6.84. The maximum Gasteiger partial charge on any atom is 0.416 e. The fourth-order valence-electron chi connectivity index (χ4n) is 3.93. The van der Waals surface area contributed by atoms with Crippen molar-refractivity contribution in [3.8, 4) is 0 Å². The molecule has 5 nitrogen and oxygen atoms in total. The summed E-state index contributed by atoms with van der Waals surface area (Å²) in [5.74, 6) is 0.194. The third kappa shape index (κ3) is 5.73.